The van der Waals surface area contributed by atoms with Crippen LogP contribution >= 0.6 is 0 Å². The van der Waals surface area contributed by atoms with Crippen LogP contribution in [0.3, 0.4) is 0 Å². The predicted octanol–water partition coefficient (Wildman–Crippen LogP) is 1.05. The summed E-state index contributed by atoms with van der Waals surface area (Å²) in [6.07, 6.45) is 2.27. The molecule has 1 saturated heterocycles. The molecule has 0 unspecified atom stereocenters. The lowest BCUT2D eigenvalue weighted by atomic mass is 9.90. The van der Waals surface area contributed by atoms with Crippen molar-refractivity contribution in [3.63, 3.8) is 0 Å². The molecule has 5 heteroatoms. The van der Waals surface area contributed by atoms with E-state index in [0.29, 0.717) is 12.0 Å². The Balaban J connectivity index is 1.74. The van der Waals surface area contributed by atoms with Gasteiger partial charge in [0.25, 0.3) is 5.91 Å². The fourth-order valence-electron chi connectivity index (χ4n) is 2.81. The van der Waals surface area contributed by atoms with E-state index >= 15 is 0 Å². The molecule has 0 saturated carbocycles. The van der Waals surface area contributed by atoms with E-state index in [2.05, 4.69) is 22.9 Å². The summed E-state index contributed by atoms with van der Waals surface area (Å²) >= 11 is 0. The number of piperidine rings is 1. The van der Waals surface area contributed by atoms with Gasteiger partial charge in [-0.25, -0.2) is 0 Å². The molecule has 0 aliphatic carbocycles. The summed E-state index contributed by atoms with van der Waals surface area (Å²) in [5, 5.41) is 9.19. The van der Waals surface area contributed by atoms with Gasteiger partial charge < -0.3 is 16.0 Å². The zero-order chi connectivity index (χ0) is 14.2. The lowest BCUT2D eigenvalue weighted by Crippen LogP contribution is -2.52. The lowest BCUT2D eigenvalue weighted by Gasteiger charge is -2.35. The Morgan fingerprint density at radius 2 is 2.05 bits per heavy atom. The van der Waals surface area contributed by atoms with E-state index in [1.807, 2.05) is 6.07 Å². The van der Waals surface area contributed by atoms with Gasteiger partial charge in [0.2, 0.25) is 5.91 Å². The maximum absolute atomic E-state index is 12.4. The zero-order valence-corrected chi connectivity index (χ0v) is 11.6. The second-order valence-electron chi connectivity index (χ2n) is 5.86. The summed E-state index contributed by atoms with van der Waals surface area (Å²) in [5.41, 5.74) is 2.17. The van der Waals surface area contributed by atoms with Gasteiger partial charge in [0, 0.05) is 16.8 Å². The van der Waals surface area contributed by atoms with E-state index in [1.165, 1.54) is 0 Å². The van der Waals surface area contributed by atoms with Crippen LogP contribution in [0.4, 0.5) is 5.69 Å². The van der Waals surface area contributed by atoms with Crippen molar-refractivity contribution in [1.82, 2.24) is 10.6 Å². The molecular formula is C15H19N3O2. The van der Waals surface area contributed by atoms with E-state index in [1.54, 1.807) is 12.1 Å². The molecule has 2 aliphatic rings. The molecular weight excluding hydrogens is 254 g/mol. The van der Waals surface area contributed by atoms with Crippen molar-refractivity contribution in [1.29, 1.82) is 0 Å². The first kappa shape index (κ1) is 13.1. The highest BCUT2D eigenvalue weighted by Gasteiger charge is 2.29. The molecule has 3 N–H and O–H groups in total. The van der Waals surface area contributed by atoms with Crippen LogP contribution in [0.2, 0.25) is 0 Å². The highest BCUT2D eigenvalue weighted by Crippen LogP contribution is 2.25. The summed E-state index contributed by atoms with van der Waals surface area (Å²) in [5.74, 6) is -0.0822. The van der Waals surface area contributed by atoms with Gasteiger partial charge >= 0.3 is 0 Å². The molecule has 5 nitrogen and oxygen atoms in total. The molecule has 0 spiro atoms. The molecule has 2 amide bonds. The third-order valence-electron chi connectivity index (χ3n) is 4.12. The normalized spacial score (nSPS) is 20.1. The maximum Gasteiger partial charge on any atom is 0.251 e. The summed E-state index contributed by atoms with van der Waals surface area (Å²) < 4.78 is 0. The Labute approximate surface area is 118 Å². The third-order valence-corrected chi connectivity index (χ3v) is 4.12. The molecule has 1 fully saturated rings. The van der Waals surface area contributed by atoms with Crippen LogP contribution in [-0.4, -0.2) is 30.4 Å². The Hall–Kier alpha value is -1.88. The Bertz CT molecular complexity index is 562. The molecule has 1 aromatic carbocycles. The Morgan fingerprint density at radius 1 is 1.30 bits per heavy atom. The van der Waals surface area contributed by atoms with E-state index in [0.717, 1.165) is 37.2 Å². The fourth-order valence-corrected chi connectivity index (χ4v) is 2.81. The predicted molar refractivity (Wildman–Crippen MR) is 76.8 cm³/mol. The van der Waals surface area contributed by atoms with Gasteiger partial charge in [-0.05, 0) is 50.6 Å². The highest BCUT2D eigenvalue weighted by atomic mass is 16.2. The van der Waals surface area contributed by atoms with Crippen molar-refractivity contribution in [2.24, 2.45) is 0 Å². The van der Waals surface area contributed by atoms with Crippen LogP contribution in [0.25, 0.3) is 0 Å². The molecule has 1 aromatic rings. The van der Waals surface area contributed by atoms with Crippen molar-refractivity contribution in [2.45, 2.75) is 31.7 Å². The highest BCUT2D eigenvalue weighted by molar-refractivity contribution is 6.02. The molecule has 20 heavy (non-hydrogen) atoms. The van der Waals surface area contributed by atoms with Crippen LogP contribution in [0.5, 0.6) is 0 Å². The second-order valence-corrected chi connectivity index (χ2v) is 5.86. The monoisotopic (exact) mass is 273 g/mol. The number of benzene rings is 1. The Morgan fingerprint density at radius 3 is 2.80 bits per heavy atom. The average Bonchev–Trinajstić information content (AvgIpc) is 2.78. The van der Waals surface area contributed by atoms with Crippen molar-refractivity contribution in [3.05, 3.63) is 29.3 Å². The van der Waals surface area contributed by atoms with Crippen LogP contribution in [0.15, 0.2) is 18.2 Å². The van der Waals surface area contributed by atoms with Gasteiger partial charge in [-0.2, -0.15) is 0 Å². The number of anilines is 1. The van der Waals surface area contributed by atoms with Gasteiger partial charge in [0.1, 0.15) is 0 Å². The van der Waals surface area contributed by atoms with Crippen molar-refractivity contribution in [2.75, 3.05) is 18.4 Å². The van der Waals surface area contributed by atoms with Crippen molar-refractivity contribution in [3.8, 4) is 0 Å². The van der Waals surface area contributed by atoms with Gasteiger partial charge in [0.15, 0.2) is 0 Å². The van der Waals surface area contributed by atoms with Crippen LogP contribution in [0.1, 0.15) is 35.7 Å². The van der Waals surface area contributed by atoms with E-state index in [-0.39, 0.29) is 17.4 Å². The minimum absolute atomic E-state index is 0.0112. The number of amides is 2. The van der Waals surface area contributed by atoms with Crippen LogP contribution in [0, 0.1) is 0 Å². The first-order valence-electron chi connectivity index (χ1n) is 7.02. The summed E-state index contributed by atoms with van der Waals surface area (Å²) in [4.78, 5) is 23.7. The number of hydrogen-bond acceptors (Lipinski definition) is 3. The van der Waals surface area contributed by atoms with E-state index in [9.17, 15) is 9.59 Å². The smallest absolute Gasteiger partial charge is 0.251 e. The minimum atomic E-state index is -0.148. The fraction of sp³-hybridized carbons (Fsp3) is 0.467. The largest absolute Gasteiger partial charge is 0.347 e. The third kappa shape index (κ3) is 2.54. The lowest BCUT2D eigenvalue weighted by molar-refractivity contribution is -0.115. The van der Waals surface area contributed by atoms with Gasteiger partial charge in [0.05, 0.1) is 6.42 Å². The zero-order valence-electron chi connectivity index (χ0n) is 11.6. The minimum Gasteiger partial charge on any atom is -0.347 e. The van der Waals surface area contributed by atoms with Crippen LogP contribution < -0.4 is 16.0 Å². The summed E-state index contributed by atoms with van der Waals surface area (Å²) in [6, 6.07) is 5.41. The van der Waals surface area contributed by atoms with Crippen molar-refractivity contribution >= 4 is 17.5 Å². The first-order valence-corrected chi connectivity index (χ1v) is 7.02. The number of nitrogens with one attached hydrogen (secondary N) is 3. The number of carbonyl (C=O) groups excluding carboxylic acids is 2. The first-order chi connectivity index (χ1) is 9.56. The topological polar surface area (TPSA) is 70.2 Å². The molecule has 0 radical (unpaired) electrons. The quantitative estimate of drug-likeness (QED) is 0.754. The Kier molecular flexibility index (Phi) is 3.22. The number of rotatable bonds is 2. The molecule has 0 atom stereocenters. The van der Waals surface area contributed by atoms with Gasteiger partial charge in [-0.1, -0.05) is 6.07 Å². The molecule has 2 aliphatic heterocycles. The van der Waals surface area contributed by atoms with Crippen LogP contribution in [-0.2, 0) is 11.2 Å². The van der Waals surface area contributed by atoms with E-state index in [4.69, 9.17) is 0 Å². The molecule has 106 valence electrons. The van der Waals surface area contributed by atoms with Gasteiger partial charge in [-0.3, -0.25) is 9.59 Å². The standard InChI is InChI=1S/C15H19N3O2/c1-15(4-6-16-7-5-15)18-14(20)11-3-2-10-9-13(19)17-12(10)8-11/h2-3,8,16H,4-7,9H2,1H3,(H,17,19)(H,18,20). The molecule has 3 rings (SSSR count). The van der Waals surface area contributed by atoms with E-state index < -0.39 is 0 Å². The summed E-state index contributed by atoms with van der Waals surface area (Å²) in [6.45, 7) is 3.94. The number of hydrogen-bond donors (Lipinski definition) is 3. The maximum atomic E-state index is 12.4. The molecule has 0 bridgehead atoms. The second kappa shape index (κ2) is 4.90. The molecule has 2 heterocycles. The SMILES string of the molecule is CC1(NC(=O)c2ccc3c(c2)NC(=O)C3)CCNCC1. The van der Waals surface area contributed by atoms with Gasteiger partial charge in [-0.15, -0.1) is 0 Å². The molecule has 0 aromatic heterocycles. The number of carbonyl (C=O) groups is 2. The van der Waals surface area contributed by atoms with Crippen molar-refractivity contribution < 1.29 is 9.59 Å². The summed E-state index contributed by atoms with van der Waals surface area (Å²) in [7, 11) is 0. The number of fused-ring (bicyclic) bond motifs is 1. The average molecular weight is 273 g/mol.